The quantitative estimate of drug-likeness (QED) is 0.456. The van der Waals surface area contributed by atoms with E-state index in [0.717, 1.165) is 0 Å². The lowest BCUT2D eigenvalue weighted by molar-refractivity contribution is 0.0597. The summed E-state index contributed by atoms with van der Waals surface area (Å²) in [4.78, 5) is 12.2. The van der Waals surface area contributed by atoms with Gasteiger partial charge in [0.05, 0.1) is 31.8 Å². The second-order valence-electron chi connectivity index (χ2n) is 7.14. The number of methoxy groups -OCH3 is 2. The van der Waals surface area contributed by atoms with Crippen LogP contribution < -0.4 is 4.74 Å². The van der Waals surface area contributed by atoms with E-state index in [4.69, 9.17) is 21.1 Å². The first-order valence-corrected chi connectivity index (χ1v) is 11.8. The summed E-state index contributed by atoms with van der Waals surface area (Å²) in [5, 5.41) is 10.6. The smallest absolute Gasteiger partial charge is 0.341 e. The van der Waals surface area contributed by atoms with Crippen molar-refractivity contribution in [2.45, 2.75) is 17.5 Å². The Morgan fingerprint density at radius 2 is 1.70 bits per heavy atom. The molecular weight excluding hydrogens is 466 g/mol. The molecule has 7 nitrogen and oxygen atoms in total. The number of nitrogens with zero attached hydrogens (tertiary/aromatic N) is 1. The van der Waals surface area contributed by atoms with E-state index < -0.39 is 28.6 Å². The van der Waals surface area contributed by atoms with Crippen LogP contribution in [0.5, 0.6) is 5.75 Å². The van der Waals surface area contributed by atoms with Crippen molar-refractivity contribution in [2.75, 3.05) is 20.8 Å². The minimum Gasteiger partial charge on any atom is -0.496 e. The van der Waals surface area contributed by atoms with E-state index in [1.54, 1.807) is 36.4 Å². The van der Waals surface area contributed by atoms with Gasteiger partial charge in [0.25, 0.3) is 0 Å². The number of ether oxygens (including phenoxy) is 2. The molecule has 174 valence electrons. The maximum atomic E-state index is 13.7. The molecule has 0 saturated carbocycles. The first-order chi connectivity index (χ1) is 15.8. The first-order valence-electron chi connectivity index (χ1n) is 10.00. The molecule has 0 aliphatic rings. The first kappa shape index (κ1) is 24.7. The van der Waals surface area contributed by atoms with E-state index in [-0.39, 0.29) is 17.0 Å². The number of esters is 1. The Balaban J connectivity index is 2.11. The van der Waals surface area contributed by atoms with Gasteiger partial charge in [-0.2, -0.15) is 4.31 Å². The lowest BCUT2D eigenvalue weighted by atomic mass is 10.1. The van der Waals surface area contributed by atoms with Crippen molar-refractivity contribution >= 4 is 27.6 Å². The van der Waals surface area contributed by atoms with Crippen molar-refractivity contribution in [1.29, 1.82) is 0 Å². The Kier molecular flexibility index (Phi) is 8.10. The van der Waals surface area contributed by atoms with Crippen LogP contribution in [0.4, 0.5) is 0 Å². The van der Waals surface area contributed by atoms with Crippen molar-refractivity contribution < 1.29 is 27.8 Å². The number of aliphatic hydroxyl groups excluding tert-OH is 1. The van der Waals surface area contributed by atoms with Crippen LogP contribution in [0.15, 0.2) is 77.7 Å². The summed E-state index contributed by atoms with van der Waals surface area (Å²) in [6.45, 7) is -0.560. The number of aliphatic hydroxyl groups is 1. The van der Waals surface area contributed by atoms with Crippen molar-refractivity contribution in [3.05, 3.63) is 94.5 Å². The van der Waals surface area contributed by atoms with E-state index >= 15 is 0 Å². The maximum absolute atomic E-state index is 13.7. The predicted molar refractivity (Wildman–Crippen MR) is 125 cm³/mol. The van der Waals surface area contributed by atoms with Gasteiger partial charge in [0.2, 0.25) is 10.0 Å². The molecule has 0 radical (unpaired) electrons. The number of carbonyl (C=O) groups is 1. The van der Waals surface area contributed by atoms with Crippen LogP contribution in [-0.2, 0) is 21.3 Å². The van der Waals surface area contributed by atoms with Crippen LogP contribution >= 0.6 is 11.6 Å². The Hall–Kier alpha value is -2.91. The second-order valence-corrected chi connectivity index (χ2v) is 9.47. The molecule has 33 heavy (non-hydrogen) atoms. The molecule has 1 N–H and O–H groups in total. The monoisotopic (exact) mass is 489 g/mol. The Bertz CT molecular complexity index is 1200. The fourth-order valence-corrected chi connectivity index (χ4v) is 5.16. The van der Waals surface area contributed by atoms with Crippen molar-refractivity contribution in [3.8, 4) is 5.75 Å². The zero-order valence-electron chi connectivity index (χ0n) is 18.1. The molecule has 0 aromatic heterocycles. The average molecular weight is 490 g/mol. The highest BCUT2D eigenvalue weighted by atomic mass is 35.5. The van der Waals surface area contributed by atoms with Gasteiger partial charge < -0.3 is 14.6 Å². The third-order valence-electron chi connectivity index (χ3n) is 5.13. The molecule has 0 spiro atoms. The normalized spacial score (nSPS) is 12.4. The number of carbonyl (C=O) groups excluding carboxylic acids is 1. The van der Waals surface area contributed by atoms with Crippen LogP contribution in [0, 0.1) is 0 Å². The van der Waals surface area contributed by atoms with E-state index in [1.165, 1.54) is 48.9 Å². The largest absolute Gasteiger partial charge is 0.496 e. The summed E-state index contributed by atoms with van der Waals surface area (Å²) in [6, 6.07) is 18.6. The van der Waals surface area contributed by atoms with Crippen molar-refractivity contribution in [1.82, 2.24) is 4.31 Å². The number of halogens is 1. The second kappa shape index (κ2) is 10.8. The van der Waals surface area contributed by atoms with Crippen LogP contribution in [0.2, 0.25) is 5.02 Å². The minimum absolute atomic E-state index is 0.0305. The molecule has 0 heterocycles. The van der Waals surface area contributed by atoms with E-state index in [2.05, 4.69) is 0 Å². The Morgan fingerprint density at radius 1 is 1.03 bits per heavy atom. The molecular formula is C24H24ClNO6S. The van der Waals surface area contributed by atoms with Gasteiger partial charge in [0.15, 0.2) is 0 Å². The highest BCUT2D eigenvalue weighted by Crippen LogP contribution is 2.31. The van der Waals surface area contributed by atoms with Crippen LogP contribution in [0.1, 0.15) is 27.5 Å². The number of sulfonamides is 1. The molecule has 0 bridgehead atoms. The molecule has 3 aromatic carbocycles. The summed E-state index contributed by atoms with van der Waals surface area (Å²) in [5.41, 5.74) is 1.31. The topological polar surface area (TPSA) is 93.1 Å². The SMILES string of the molecule is COC(=O)c1cc(CN(C(CO)c2ccccc2)S(=O)(=O)c2ccc(Cl)cc2)ccc1OC. The third-order valence-corrected chi connectivity index (χ3v) is 7.25. The van der Waals surface area contributed by atoms with Gasteiger partial charge in [-0.3, -0.25) is 0 Å². The number of benzene rings is 3. The van der Waals surface area contributed by atoms with Gasteiger partial charge in [0, 0.05) is 11.6 Å². The number of rotatable bonds is 9. The highest BCUT2D eigenvalue weighted by molar-refractivity contribution is 7.89. The van der Waals surface area contributed by atoms with E-state index in [9.17, 15) is 18.3 Å². The van der Waals surface area contributed by atoms with Gasteiger partial charge in [-0.15, -0.1) is 0 Å². The standard InChI is InChI=1S/C24H24ClNO6S/c1-31-23-13-8-17(14-21(23)24(28)32-2)15-26(22(16-27)18-6-4-3-5-7-18)33(29,30)20-11-9-19(25)10-12-20/h3-14,22,27H,15-16H2,1-2H3. The third kappa shape index (κ3) is 5.54. The minimum atomic E-state index is -4.06. The molecule has 0 amide bonds. The van der Waals surface area contributed by atoms with Gasteiger partial charge in [-0.1, -0.05) is 48.0 Å². The fraction of sp³-hybridized carbons (Fsp3) is 0.208. The summed E-state index contributed by atoms with van der Waals surface area (Å²) >= 11 is 5.94. The highest BCUT2D eigenvalue weighted by Gasteiger charge is 2.33. The molecule has 1 unspecified atom stereocenters. The lowest BCUT2D eigenvalue weighted by Crippen LogP contribution is -2.36. The summed E-state index contributed by atoms with van der Waals surface area (Å²) in [6.07, 6.45) is 0. The average Bonchev–Trinajstić information content (AvgIpc) is 2.84. The zero-order valence-corrected chi connectivity index (χ0v) is 19.7. The van der Waals surface area contributed by atoms with Gasteiger partial charge in [-0.25, -0.2) is 13.2 Å². The van der Waals surface area contributed by atoms with Crippen LogP contribution in [-0.4, -0.2) is 44.6 Å². The van der Waals surface area contributed by atoms with E-state index in [0.29, 0.717) is 21.9 Å². The molecule has 0 saturated heterocycles. The van der Waals surface area contributed by atoms with Crippen LogP contribution in [0.3, 0.4) is 0 Å². The van der Waals surface area contributed by atoms with Crippen molar-refractivity contribution in [2.24, 2.45) is 0 Å². The van der Waals surface area contributed by atoms with Gasteiger partial charge in [0.1, 0.15) is 11.3 Å². The number of hydrogen-bond acceptors (Lipinski definition) is 6. The molecule has 0 aliphatic heterocycles. The molecule has 9 heteroatoms. The Morgan fingerprint density at radius 3 is 2.27 bits per heavy atom. The summed E-state index contributed by atoms with van der Waals surface area (Å²) in [7, 11) is -1.38. The zero-order chi connectivity index (χ0) is 24.0. The molecule has 0 fully saturated rings. The number of hydrogen-bond donors (Lipinski definition) is 1. The summed E-state index contributed by atoms with van der Waals surface area (Å²) < 4.78 is 38.6. The molecule has 3 aromatic rings. The lowest BCUT2D eigenvalue weighted by Gasteiger charge is -2.30. The predicted octanol–water partition coefficient (Wildman–Crippen LogP) is 4.06. The van der Waals surface area contributed by atoms with Crippen LogP contribution in [0.25, 0.3) is 0 Å². The summed E-state index contributed by atoms with van der Waals surface area (Å²) in [5.74, 6) is -0.304. The van der Waals surface area contributed by atoms with Crippen molar-refractivity contribution in [3.63, 3.8) is 0 Å². The molecule has 0 aliphatic carbocycles. The molecule has 3 rings (SSSR count). The Labute approximate surface area is 198 Å². The maximum Gasteiger partial charge on any atom is 0.341 e. The fourth-order valence-electron chi connectivity index (χ4n) is 3.45. The van der Waals surface area contributed by atoms with E-state index in [1.807, 2.05) is 6.07 Å². The van der Waals surface area contributed by atoms with Gasteiger partial charge in [-0.05, 0) is 47.5 Å². The van der Waals surface area contributed by atoms with Gasteiger partial charge >= 0.3 is 5.97 Å². The molecule has 1 atom stereocenters.